The molecule has 8 nitrogen and oxygen atoms in total. The topological polar surface area (TPSA) is 107 Å². The summed E-state index contributed by atoms with van der Waals surface area (Å²) >= 11 is 0. The van der Waals surface area contributed by atoms with E-state index in [1.54, 1.807) is 19.2 Å². The van der Waals surface area contributed by atoms with Crippen LogP contribution in [0.25, 0.3) is 28.3 Å². The van der Waals surface area contributed by atoms with E-state index in [-0.39, 0.29) is 11.5 Å². The van der Waals surface area contributed by atoms with E-state index in [0.717, 1.165) is 36.1 Å². The summed E-state index contributed by atoms with van der Waals surface area (Å²) in [6.45, 7) is 17.6. The van der Waals surface area contributed by atoms with Crippen LogP contribution < -0.4 is 14.2 Å². The van der Waals surface area contributed by atoms with Crippen LogP contribution in [0, 0.1) is 37.5 Å². The van der Waals surface area contributed by atoms with Crippen LogP contribution in [-0.4, -0.2) is 45.5 Å². The molecule has 0 bridgehead atoms. The number of phenolic OH excluding ortho intramolecular Hbond substituents is 2. The molecule has 52 heavy (non-hydrogen) atoms. The van der Waals surface area contributed by atoms with Crippen molar-refractivity contribution >= 4 is 5.57 Å². The fourth-order valence-corrected chi connectivity index (χ4v) is 6.82. The van der Waals surface area contributed by atoms with Crippen LogP contribution in [0.2, 0.25) is 0 Å². The van der Waals surface area contributed by atoms with Gasteiger partial charge in [-0.1, -0.05) is 79.4 Å². The lowest BCUT2D eigenvalue weighted by atomic mass is 9.78. The SMILES string of the molecule is CCCCC(CC)CC1C=C(c2nc(-c3ccc(OCC(C)C)c(C)c3O)nc(-c3ccc(OCC(C)C)c(C)c3O)n2)c2cc(OC)ccc2C1. The molecule has 2 unspecified atom stereocenters. The van der Waals surface area contributed by atoms with Gasteiger partial charge in [0.15, 0.2) is 17.5 Å². The third kappa shape index (κ3) is 8.88. The van der Waals surface area contributed by atoms with Gasteiger partial charge in [-0.05, 0) is 97.9 Å². The highest BCUT2D eigenvalue weighted by molar-refractivity contribution is 5.83. The molecule has 0 saturated heterocycles. The van der Waals surface area contributed by atoms with Gasteiger partial charge in [0.05, 0.1) is 31.5 Å². The molecule has 5 rings (SSSR count). The molecule has 1 aromatic heterocycles. The number of methoxy groups -OCH3 is 1. The Morgan fingerprint density at radius 3 is 1.81 bits per heavy atom. The van der Waals surface area contributed by atoms with Crippen molar-refractivity contribution in [3.05, 3.63) is 76.6 Å². The van der Waals surface area contributed by atoms with Crippen LogP contribution in [0.15, 0.2) is 48.5 Å². The number of hydrogen-bond donors (Lipinski definition) is 2. The molecule has 278 valence electrons. The first-order valence-corrected chi connectivity index (χ1v) is 19.0. The molecule has 1 aliphatic rings. The molecule has 2 N–H and O–H groups in total. The lowest BCUT2D eigenvalue weighted by molar-refractivity contribution is 0.268. The number of benzene rings is 3. The first kappa shape index (κ1) is 38.6. The number of ether oxygens (including phenoxy) is 3. The third-order valence-corrected chi connectivity index (χ3v) is 9.94. The van der Waals surface area contributed by atoms with Gasteiger partial charge in [-0.15, -0.1) is 0 Å². The van der Waals surface area contributed by atoms with Gasteiger partial charge in [0.2, 0.25) is 0 Å². The largest absolute Gasteiger partial charge is 0.507 e. The zero-order valence-electron chi connectivity index (χ0n) is 32.5. The smallest absolute Gasteiger partial charge is 0.167 e. The van der Waals surface area contributed by atoms with Crippen molar-refractivity contribution in [1.82, 2.24) is 15.0 Å². The molecule has 0 saturated carbocycles. The second-order valence-corrected chi connectivity index (χ2v) is 15.1. The van der Waals surface area contributed by atoms with Crippen molar-refractivity contribution in [2.45, 2.75) is 93.9 Å². The zero-order chi connectivity index (χ0) is 37.5. The van der Waals surface area contributed by atoms with E-state index >= 15 is 0 Å². The normalized spacial score (nSPS) is 14.7. The van der Waals surface area contributed by atoms with E-state index < -0.39 is 0 Å². The summed E-state index contributed by atoms with van der Waals surface area (Å²) in [5.41, 5.74) is 5.24. The maximum atomic E-state index is 11.6. The lowest BCUT2D eigenvalue weighted by Crippen LogP contribution is -2.16. The first-order valence-electron chi connectivity index (χ1n) is 19.0. The van der Waals surface area contributed by atoms with Gasteiger partial charge in [-0.25, -0.2) is 15.0 Å². The fourth-order valence-electron chi connectivity index (χ4n) is 6.82. The lowest BCUT2D eigenvalue weighted by Gasteiger charge is -2.27. The molecule has 0 radical (unpaired) electrons. The van der Waals surface area contributed by atoms with Crippen molar-refractivity contribution in [1.29, 1.82) is 0 Å². The van der Waals surface area contributed by atoms with E-state index in [0.29, 0.717) is 88.1 Å². The van der Waals surface area contributed by atoms with Gasteiger partial charge in [-0.2, -0.15) is 0 Å². The number of rotatable bonds is 16. The molecule has 0 spiro atoms. The van der Waals surface area contributed by atoms with Gasteiger partial charge in [-0.3, -0.25) is 0 Å². The Hall–Kier alpha value is -4.59. The summed E-state index contributed by atoms with van der Waals surface area (Å²) in [5.74, 6) is 4.72. The highest BCUT2D eigenvalue weighted by Gasteiger charge is 2.27. The van der Waals surface area contributed by atoms with Gasteiger partial charge in [0.1, 0.15) is 28.7 Å². The van der Waals surface area contributed by atoms with Gasteiger partial charge in [0, 0.05) is 16.7 Å². The van der Waals surface area contributed by atoms with Crippen LogP contribution >= 0.6 is 0 Å². The molecule has 1 aliphatic carbocycles. The minimum absolute atomic E-state index is 0.0430. The summed E-state index contributed by atoms with van der Waals surface area (Å²) in [7, 11) is 1.68. The van der Waals surface area contributed by atoms with E-state index in [1.165, 1.54) is 24.8 Å². The molecule has 2 atom stereocenters. The Kier molecular flexibility index (Phi) is 12.8. The zero-order valence-corrected chi connectivity index (χ0v) is 32.5. The van der Waals surface area contributed by atoms with Crippen molar-refractivity contribution in [3.63, 3.8) is 0 Å². The number of aromatic hydroxyl groups is 2. The van der Waals surface area contributed by atoms with E-state index in [4.69, 9.17) is 29.2 Å². The van der Waals surface area contributed by atoms with Crippen molar-refractivity contribution in [2.24, 2.45) is 23.7 Å². The van der Waals surface area contributed by atoms with E-state index in [9.17, 15) is 10.2 Å². The third-order valence-electron chi connectivity index (χ3n) is 9.94. The van der Waals surface area contributed by atoms with E-state index in [2.05, 4.69) is 59.8 Å². The van der Waals surface area contributed by atoms with Crippen LogP contribution in [0.1, 0.15) is 102 Å². The summed E-state index contributed by atoms with van der Waals surface area (Å²) in [5, 5.41) is 23.2. The number of aromatic nitrogens is 3. The van der Waals surface area contributed by atoms with Gasteiger partial charge in [0.25, 0.3) is 0 Å². The summed E-state index contributed by atoms with van der Waals surface area (Å²) in [6, 6.07) is 13.5. The summed E-state index contributed by atoms with van der Waals surface area (Å²) < 4.78 is 17.7. The Balaban J connectivity index is 1.71. The minimum Gasteiger partial charge on any atom is -0.507 e. The summed E-state index contributed by atoms with van der Waals surface area (Å²) in [6.07, 6.45) is 9.09. The first-order chi connectivity index (χ1) is 24.9. The predicted octanol–water partition coefficient (Wildman–Crippen LogP) is 10.5. The number of hydrogen-bond acceptors (Lipinski definition) is 8. The second-order valence-electron chi connectivity index (χ2n) is 15.1. The van der Waals surface area contributed by atoms with Crippen LogP contribution in [0.3, 0.4) is 0 Å². The van der Waals surface area contributed by atoms with Crippen LogP contribution in [0.4, 0.5) is 0 Å². The van der Waals surface area contributed by atoms with Crippen LogP contribution in [0.5, 0.6) is 28.7 Å². The Morgan fingerprint density at radius 1 is 0.750 bits per heavy atom. The Labute approximate surface area is 310 Å². The van der Waals surface area contributed by atoms with Crippen molar-refractivity contribution in [2.75, 3.05) is 20.3 Å². The second kappa shape index (κ2) is 17.3. The molecule has 3 aromatic carbocycles. The highest BCUT2D eigenvalue weighted by atomic mass is 16.5. The molecule has 0 aliphatic heterocycles. The van der Waals surface area contributed by atoms with Gasteiger partial charge >= 0.3 is 0 Å². The molecular formula is C44H57N3O5. The fraction of sp³-hybridized carbons (Fsp3) is 0.477. The Bertz CT molecular complexity index is 1800. The standard InChI is InChI=1S/C44H57N3O5/c1-10-12-13-30(11-2)20-31-21-32-14-15-33(50-9)23-36(32)37(22-31)44-46-42(34-16-18-38(28(7)40(34)48)51-24-26(3)4)45-43(47-44)35-17-19-39(29(8)41(35)49)52-25-27(5)6/h14-19,22-23,26-27,30-31,48-49H,10-13,20-21,24-25H2,1-9H3. The van der Waals surface area contributed by atoms with E-state index in [1.807, 2.05) is 32.0 Å². The minimum atomic E-state index is 0.0430. The van der Waals surface area contributed by atoms with Gasteiger partial charge < -0.3 is 24.4 Å². The highest BCUT2D eigenvalue weighted by Crippen LogP contribution is 2.42. The molecule has 8 heteroatoms. The molecule has 0 amide bonds. The maximum absolute atomic E-state index is 11.6. The Morgan fingerprint density at radius 2 is 1.31 bits per heavy atom. The molecule has 1 heterocycles. The maximum Gasteiger partial charge on any atom is 0.167 e. The van der Waals surface area contributed by atoms with Crippen LogP contribution in [-0.2, 0) is 6.42 Å². The predicted molar refractivity (Wildman–Crippen MR) is 209 cm³/mol. The number of unbranched alkanes of at least 4 members (excludes halogenated alkanes) is 1. The quantitative estimate of drug-likeness (QED) is 0.119. The van der Waals surface area contributed by atoms with Crippen molar-refractivity contribution < 1.29 is 24.4 Å². The monoisotopic (exact) mass is 707 g/mol. The number of allylic oxidation sites excluding steroid dienone is 1. The molecule has 4 aromatic rings. The molecular weight excluding hydrogens is 651 g/mol. The number of phenols is 2. The average Bonchev–Trinajstić information content (AvgIpc) is 3.13. The number of fused-ring (bicyclic) bond motifs is 1. The summed E-state index contributed by atoms with van der Waals surface area (Å²) in [4.78, 5) is 15.1. The molecule has 0 fully saturated rings. The van der Waals surface area contributed by atoms with Crippen molar-refractivity contribution in [3.8, 4) is 51.5 Å². The number of nitrogens with zero attached hydrogens (tertiary/aromatic N) is 3. The average molecular weight is 708 g/mol.